The normalized spacial score (nSPS) is 19.2. The summed E-state index contributed by atoms with van der Waals surface area (Å²) in [5.41, 5.74) is 0.282. The zero-order chi connectivity index (χ0) is 14.6. The number of likely N-dealkylation sites (tertiary alicyclic amines) is 1. The van der Waals surface area contributed by atoms with Crippen LogP contribution in [0.1, 0.15) is 56.7 Å². The molecule has 1 aromatic rings. The van der Waals surface area contributed by atoms with E-state index in [1.54, 1.807) is 0 Å². The van der Waals surface area contributed by atoms with Gasteiger partial charge in [0.15, 0.2) is 0 Å². The average Bonchev–Trinajstić information content (AvgIpc) is 2.88. The van der Waals surface area contributed by atoms with Crippen molar-refractivity contribution in [3.8, 4) is 0 Å². The van der Waals surface area contributed by atoms with Crippen molar-refractivity contribution in [1.29, 1.82) is 0 Å². The van der Waals surface area contributed by atoms with Crippen molar-refractivity contribution in [2.45, 2.75) is 65.0 Å². The minimum Gasteiger partial charge on any atom is -0.310 e. The molecule has 2 rings (SSSR count). The van der Waals surface area contributed by atoms with E-state index in [1.807, 2.05) is 11.3 Å². The molecule has 1 aliphatic heterocycles. The Morgan fingerprint density at radius 2 is 1.90 bits per heavy atom. The molecule has 0 spiro atoms. The van der Waals surface area contributed by atoms with Crippen molar-refractivity contribution in [2.24, 2.45) is 0 Å². The topological polar surface area (TPSA) is 15.3 Å². The summed E-state index contributed by atoms with van der Waals surface area (Å²) >= 11 is 1.95. The van der Waals surface area contributed by atoms with E-state index in [-0.39, 0.29) is 5.41 Å². The first kappa shape index (κ1) is 16.0. The van der Waals surface area contributed by atoms with Gasteiger partial charge in [-0.2, -0.15) is 0 Å². The van der Waals surface area contributed by atoms with Gasteiger partial charge in [-0.15, -0.1) is 11.3 Å². The molecule has 1 fully saturated rings. The van der Waals surface area contributed by atoms with Gasteiger partial charge in [0.1, 0.15) is 0 Å². The number of piperidine rings is 1. The molecule has 114 valence electrons. The van der Waals surface area contributed by atoms with Gasteiger partial charge < -0.3 is 5.32 Å². The highest BCUT2D eigenvalue weighted by molar-refractivity contribution is 7.12. The third kappa shape index (κ3) is 4.57. The van der Waals surface area contributed by atoms with Crippen LogP contribution in [0.2, 0.25) is 0 Å². The minimum atomic E-state index is 0.282. The molecule has 1 aliphatic rings. The van der Waals surface area contributed by atoms with Crippen LogP contribution in [-0.2, 0) is 12.0 Å². The maximum atomic E-state index is 3.63. The van der Waals surface area contributed by atoms with Crippen LogP contribution in [0.5, 0.6) is 0 Å². The molecule has 20 heavy (non-hydrogen) atoms. The standard InChI is InChI=1S/C17H30N2S/c1-14(19-10-6-5-7-11-19)12-18-13-15-8-9-16(20-15)17(2,3)4/h8-9,14,18H,5-7,10-13H2,1-4H3. The minimum absolute atomic E-state index is 0.282. The Morgan fingerprint density at radius 3 is 2.50 bits per heavy atom. The van der Waals surface area contributed by atoms with Crippen LogP contribution in [0.4, 0.5) is 0 Å². The largest absolute Gasteiger partial charge is 0.310 e. The molecule has 0 saturated carbocycles. The lowest BCUT2D eigenvalue weighted by Crippen LogP contribution is -2.42. The Hall–Kier alpha value is -0.380. The molecule has 2 nitrogen and oxygen atoms in total. The number of hydrogen-bond acceptors (Lipinski definition) is 3. The van der Waals surface area contributed by atoms with Gasteiger partial charge in [-0.1, -0.05) is 27.2 Å². The van der Waals surface area contributed by atoms with Crippen molar-refractivity contribution in [2.75, 3.05) is 19.6 Å². The van der Waals surface area contributed by atoms with Gasteiger partial charge >= 0.3 is 0 Å². The third-order valence-electron chi connectivity index (χ3n) is 4.15. The summed E-state index contributed by atoms with van der Waals surface area (Å²) in [7, 11) is 0. The first-order valence-electron chi connectivity index (χ1n) is 8.01. The van der Waals surface area contributed by atoms with Crippen LogP contribution in [-0.4, -0.2) is 30.6 Å². The lowest BCUT2D eigenvalue weighted by atomic mass is 9.95. The molecule has 0 aromatic carbocycles. The number of nitrogens with one attached hydrogen (secondary N) is 1. The van der Waals surface area contributed by atoms with Crippen LogP contribution >= 0.6 is 11.3 Å². The Balaban J connectivity index is 1.73. The van der Waals surface area contributed by atoms with Gasteiger partial charge in [0.2, 0.25) is 0 Å². The van der Waals surface area contributed by atoms with Crippen LogP contribution in [0.15, 0.2) is 12.1 Å². The molecule has 2 heterocycles. The molecular weight excluding hydrogens is 264 g/mol. The lowest BCUT2D eigenvalue weighted by Gasteiger charge is -2.32. The molecule has 0 radical (unpaired) electrons. The second-order valence-corrected chi connectivity index (χ2v) is 8.26. The van der Waals surface area contributed by atoms with Crippen molar-refractivity contribution < 1.29 is 0 Å². The highest BCUT2D eigenvalue weighted by atomic mass is 32.1. The van der Waals surface area contributed by atoms with Crippen molar-refractivity contribution in [3.05, 3.63) is 21.9 Å². The molecule has 1 unspecified atom stereocenters. The average molecular weight is 295 g/mol. The second kappa shape index (κ2) is 7.06. The third-order valence-corrected chi connectivity index (χ3v) is 5.66. The first-order valence-corrected chi connectivity index (χ1v) is 8.82. The van der Waals surface area contributed by atoms with Gasteiger partial charge in [0.05, 0.1) is 0 Å². The smallest absolute Gasteiger partial charge is 0.0300 e. The monoisotopic (exact) mass is 294 g/mol. The fourth-order valence-corrected chi connectivity index (χ4v) is 3.80. The summed E-state index contributed by atoms with van der Waals surface area (Å²) < 4.78 is 0. The molecule has 1 aromatic heterocycles. The number of hydrogen-bond donors (Lipinski definition) is 1. The van der Waals surface area contributed by atoms with Gasteiger partial charge in [0, 0.05) is 28.9 Å². The number of thiophene rings is 1. The van der Waals surface area contributed by atoms with E-state index in [9.17, 15) is 0 Å². The Bertz CT molecular complexity index is 399. The van der Waals surface area contributed by atoms with E-state index in [4.69, 9.17) is 0 Å². The zero-order valence-electron chi connectivity index (χ0n) is 13.5. The molecule has 3 heteroatoms. The second-order valence-electron chi connectivity index (χ2n) is 7.09. The van der Waals surface area contributed by atoms with Crippen molar-refractivity contribution in [3.63, 3.8) is 0 Å². The van der Waals surface area contributed by atoms with Gasteiger partial charge in [0.25, 0.3) is 0 Å². The molecule has 1 N–H and O–H groups in total. The summed E-state index contributed by atoms with van der Waals surface area (Å²) in [4.78, 5) is 5.57. The summed E-state index contributed by atoms with van der Waals surface area (Å²) in [6.45, 7) is 13.9. The van der Waals surface area contributed by atoms with Crippen LogP contribution in [0, 0.1) is 0 Å². The van der Waals surface area contributed by atoms with E-state index in [0.717, 1.165) is 13.1 Å². The predicted octanol–water partition coefficient (Wildman–Crippen LogP) is 4.01. The first-order chi connectivity index (χ1) is 9.47. The maximum absolute atomic E-state index is 3.63. The molecule has 0 aliphatic carbocycles. The number of nitrogens with zero attached hydrogens (tertiary/aromatic N) is 1. The Morgan fingerprint density at radius 1 is 1.20 bits per heavy atom. The summed E-state index contributed by atoms with van der Waals surface area (Å²) in [6.07, 6.45) is 4.18. The van der Waals surface area contributed by atoms with E-state index in [1.165, 1.54) is 42.1 Å². The molecule has 0 amide bonds. The van der Waals surface area contributed by atoms with Gasteiger partial charge in [-0.3, -0.25) is 4.90 Å². The van der Waals surface area contributed by atoms with Crippen molar-refractivity contribution in [1.82, 2.24) is 10.2 Å². The van der Waals surface area contributed by atoms with Gasteiger partial charge in [-0.25, -0.2) is 0 Å². The van der Waals surface area contributed by atoms with Crippen LogP contribution < -0.4 is 5.32 Å². The lowest BCUT2D eigenvalue weighted by molar-refractivity contribution is 0.171. The highest BCUT2D eigenvalue weighted by Crippen LogP contribution is 2.29. The zero-order valence-corrected chi connectivity index (χ0v) is 14.4. The Labute approximate surface area is 128 Å². The maximum Gasteiger partial charge on any atom is 0.0300 e. The SMILES string of the molecule is CC(CNCc1ccc(C(C)(C)C)s1)N1CCCCC1. The van der Waals surface area contributed by atoms with E-state index >= 15 is 0 Å². The quantitative estimate of drug-likeness (QED) is 0.882. The van der Waals surface area contributed by atoms with E-state index in [0.29, 0.717) is 6.04 Å². The number of rotatable bonds is 5. The molecular formula is C17H30N2S. The van der Waals surface area contributed by atoms with Gasteiger partial charge in [-0.05, 0) is 50.4 Å². The fourth-order valence-electron chi connectivity index (χ4n) is 2.77. The predicted molar refractivity (Wildman–Crippen MR) is 89.6 cm³/mol. The fraction of sp³-hybridized carbons (Fsp3) is 0.765. The van der Waals surface area contributed by atoms with Crippen LogP contribution in [0.3, 0.4) is 0 Å². The summed E-state index contributed by atoms with van der Waals surface area (Å²) in [5.74, 6) is 0. The molecule has 0 bridgehead atoms. The molecule has 1 atom stereocenters. The van der Waals surface area contributed by atoms with E-state index < -0.39 is 0 Å². The van der Waals surface area contributed by atoms with E-state index in [2.05, 4.69) is 50.0 Å². The summed E-state index contributed by atoms with van der Waals surface area (Å²) in [5, 5.41) is 3.63. The van der Waals surface area contributed by atoms with Crippen LogP contribution in [0.25, 0.3) is 0 Å². The van der Waals surface area contributed by atoms with Crippen molar-refractivity contribution >= 4 is 11.3 Å². The summed E-state index contributed by atoms with van der Waals surface area (Å²) in [6, 6.07) is 5.23. The highest BCUT2D eigenvalue weighted by Gasteiger charge is 2.17. The Kier molecular flexibility index (Phi) is 5.65. The molecule has 1 saturated heterocycles.